The van der Waals surface area contributed by atoms with Gasteiger partial charge in [0, 0.05) is 32.4 Å². The van der Waals surface area contributed by atoms with Crippen LogP contribution in [0.15, 0.2) is 18.3 Å². The van der Waals surface area contributed by atoms with Crippen LogP contribution in [0.2, 0.25) is 0 Å². The van der Waals surface area contributed by atoms with Gasteiger partial charge in [0.2, 0.25) is 0 Å². The molecule has 1 aromatic rings. The van der Waals surface area contributed by atoms with Crippen LogP contribution in [0.3, 0.4) is 0 Å². The van der Waals surface area contributed by atoms with E-state index in [1.807, 2.05) is 16.7 Å². The minimum atomic E-state index is -4.40. The highest BCUT2D eigenvalue weighted by molar-refractivity contribution is 6.04. The molecule has 7 nitrogen and oxygen atoms in total. The molecular formula is C18H24F3N5O2. The average Bonchev–Trinajstić information content (AvgIpc) is 2.82. The smallest absolute Gasteiger partial charge is 0.355 e. The molecule has 1 atom stereocenters. The van der Waals surface area contributed by atoms with Gasteiger partial charge in [0.1, 0.15) is 11.9 Å². The van der Waals surface area contributed by atoms with E-state index in [0.29, 0.717) is 38.4 Å². The van der Waals surface area contributed by atoms with E-state index in [2.05, 4.69) is 10.3 Å². The third-order valence-corrected chi connectivity index (χ3v) is 5.01. The number of hydrogen-bond acceptors (Lipinski definition) is 5. The van der Waals surface area contributed by atoms with Crippen molar-refractivity contribution in [3.8, 4) is 0 Å². The zero-order valence-electron chi connectivity index (χ0n) is 15.7. The summed E-state index contributed by atoms with van der Waals surface area (Å²) in [6.45, 7) is 4.65. The number of anilines is 1. The van der Waals surface area contributed by atoms with Crippen molar-refractivity contribution < 1.29 is 22.8 Å². The number of nitrogens with one attached hydrogen (secondary N) is 1. The Balaban J connectivity index is 1.58. The normalized spacial score (nSPS) is 21.8. The van der Waals surface area contributed by atoms with Crippen molar-refractivity contribution in [3.05, 3.63) is 23.9 Å². The van der Waals surface area contributed by atoms with Crippen molar-refractivity contribution in [2.75, 3.05) is 37.7 Å². The summed E-state index contributed by atoms with van der Waals surface area (Å²) < 4.78 is 38.1. The zero-order valence-corrected chi connectivity index (χ0v) is 15.7. The van der Waals surface area contributed by atoms with Crippen LogP contribution < -0.4 is 10.2 Å². The molecule has 0 bridgehead atoms. The van der Waals surface area contributed by atoms with Crippen LogP contribution in [0.5, 0.6) is 0 Å². The molecule has 2 aliphatic rings. The van der Waals surface area contributed by atoms with Crippen LogP contribution in [-0.4, -0.2) is 65.6 Å². The molecule has 0 unspecified atom stereocenters. The number of hydrogen-bond donors (Lipinski definition) is 1. The Morgan fingerprint density at radius 3 is 2.61 bits per heavy atom. The molecule has 3 heterocycles. The maximum Gasteiger partial charge on any atom is 0.417 e. The number of amides is 3. The van der Waals surface area contributed by atoms with E-state index in [0.717, 1.165) is 25.1 Å². The predicted octanol–water partition coefficient (Wildman–Crippen LogP) is 2.29. The van der Waals surface area contributed by atoms with Gasteiger partial charge >= 0.3 is 12.2 Å². The van der Waals surface area contributed by atoms with Crippen molar-refractivity contribution in [3.63, 3.8) is 0 Å². The third-order valence-electron chi connectivity index (χ3n) is 5.01. The summed E-state index contributed by atoms with van der Waals surface area (Å²) in [5.74, 6) is 0.296. The molecule has 0 aliphatic carbocycles. The summed E-state index contributed by atoms with van der Waals surface area (Å²) in [5, 5.41) is 2.71. The fourth-order valence-electron chi connectivity index (χ4n) is 3.48. The third kappa shape index (κ3) is 4.54. The second-order valence-electron chi connectivity index (χ2n) is 7.06. The van der Waals surface area contributed by atoms with Gasteiger partial charge in [-0.05, 0) is 25.0 Å². The van der Waals surface area contributed by atoms with Crippen molar-refractivity contribution >= 4 is 17.8 Å². The summed E-state index contributed by atoms with van der Waals surface area (Å²) >= 11 is 0. The molecule has 1 N–H and O–H groups in total. The lowest BCUT2D eigenvalue weighted by Gasteiger charge is -2.25. The second-order valence-corrected chi connectivity index (χ2v) is 7.06. The Bertz CT molecular complexity index is 710. The maximum atomic E-state index is 12.7. The Morgan fingerprint density at radius 2 is 1.96 bits per heavy atom. The van der Waals surface area contributed by atoms with Crippen LogP contribution in [0.1, 0.15) is 31.7 Å². The SMILES string of the molecule is CCC[C@@H]1NC(=O)N(CN2CCCN(c3ccc(C(F)(F)F)cn3)CC2)C1=O. The molecule has 0 saturated carbocycles. The number of urea groups is 1. The van der Waals surface area contributed by atoms with Gasteiger partial charge in [0.25, 0.3) is 5.91 Å². The summed E-state index contributed by atoms with van der Waals surface area (Å²) in [7, 11) is 0. The minimum Gasteiger partial charge on any atom is -0.355 e. The van der Waals surface area contributed by atoms with Crippen molar-refractivity contribution in [2.45, 2.75) is 38.4 Å². The highest BCUT2D eigenvalue weighted by Gasteiger charge is 2.38. The molecule has 154 valence electrons. The molecule has 2 aliphatic heterocycles. The van der Waals surface area contributed by atoms with Gasteiger partial charge in [-0.3, -0.25) is 9.69 Å². The first kappa shape index (κ1) is 20.4. The molecule has 1 aromatic heterocycles. The summed E-state index contributed by atoms with van der Waals surface area (Å²) in [4.78, 5) is 33.6. The first-order valence-electron chi connectivity index (χ1n) is 9.42. The Morgan fingerprint density at radius 1 is 1.18 bits per heavy atom. The van der Waals surface area contributed by atoms with Crippen molar-refractivity contribution in [1.29, 1.82) is 0 Å². The van der Waals surface area contributed by atoms with E-state index >= 15 is 0 Å². The number of halogens is 3. The highest BCUT2D eigenvalue weighted by Crippen LogP contribution is 2.29. The van der Waals surface area contributed by atoms with Gasteiger partial charge in [-0.1, -0.05) is 13.3 Å². The van der Waals surface area contributed by atoms with E-state index in [4.69, 9.17) is 0 Å². The first-order valence-corrected chi connectivity index (χ1v) is 9.42. The molecule has 3 rings (SSSR count). The van der Waals surface area contributed by atoms with Gasteiger partial charge in [0.15, 0.2) is 0 Å². The molecule has 28 heavy (non-hydrogen) atoms. The second kappa shape index (κ2) is 8.34. The number of pyridine rings is 1. The van der Waals surface area contributed by atoms with E-state index in [1.54, 1.807) is 0 Å². The standard InChI is InChI=1S/C18H24F3N5O2/c1-2-4-14-16(27)26(17(28)23-14)12-24-7-3-8-25(10-9-24)15-6-5-13(11-22-15)18(19,20)21/h5-6,11,14H,2-4,7-10,12H2,1H3,(H,23,28)/t14-/m0/s1. The van der Waals surface area contributed by atoms with Crippen LogP contribution in [0, 0.1) is 0 Å². The minimum absolute atomic E-state index is 0.197. The highest BCUT2D eigenvalue weighted by atomic mass is 19.4. The van der Waals surface area contributed by atoms with E-state index in [1.165, 1.54) is 11.0 Å². The molecule has 0 radical (unpaired) electrons. The number of rotatable bonds is 5. The number of alkyl halides is 3. The summed E-state index contributed by atoms with van der Waals surface area (Å²) in [6.07, 6.45) is -1.37. The topological polar surface area (TPSA) is 68.8 Å². The number of imide groups is 1. The monoisotopic (exact) mass is 399 g/mol. The zero-order chi connectivity index (χ0) is 20.3. The van der Waals surface area contributed by atoms with Gasteiger partial charge in [-0.25, -0.2) is 14.7 Å². The van der Waals surface area contributed by atoms with Crippen molar-refractivity contribution in [1.82, 2.24) is 20.1 Å². The number of nitrogens with zero attached hydrogens (tertiary/aromatic N) is 4. The van der Waals surface area contributed by atoms with Crippen LogP contribution in [-0.2, 0) is 11.0 Å². The molecule has 2 saturated heterocycles. The van der Waals surface area contributed by atoms with Crippen LogP contribution in [0.25, 0.3) is 0 Å². The first-order chi connectivity index (χ1) is 13.3. The quantitative estimate of drug-likeness (QED) is 0.770. The number of carbonyl (C=O) groups excluding carboxylic acids is 2. The molecule has 10 heteroatoms. The molecule has 0 aromatic carbocycles. The number of carbonyl (C=O) groups is 2. The van der Waals surface area contributed by atoms with E-state index in [-0.39, 0.29) is 18.6 Å². The lowest BCUT2D eigenvalue weighted by Crippen LogP contribution is -2.43. The van der Waals surface area contributed by atoms with E-state index in [9.17, 15) is 22.8 Å². The maximum absolute atomic E-state index is 12.7. The fraction of sp³-hybridized carbons (Fsp3) is 0.611. The molecular weight excluding hydrogens is 375 g/mol. The Labute approximate surface area is 161 Å². The van der Waals surface area contributed by atoms with Crippen molar-refractivity contribution in [2.24, 2.45) is 0 Å². The predicted molar refractivity (Wildman–Crippen MR) is 96.6 cm³/mol. The van der Waals surface area contributed by atoms with Gasteiger partial charge in [-0.15, -0.1) is 0 Å². The van der Waals surface area contributed by atoms with E-state index < -0.39 is 17.8 Å². The Hall–Kier alpha value is -2.36. The molecule has 3 amide bonds. The Kier molecular flexibility index (Phi) is 6.07. The average molecular weight is 399 g/mol. The summed E-state index contributed by atoms with van der Waals surface area (Å²) in [6, 6.07) is 1.60. The largest absolute Gasteiger partial charge is 0.417 e. The molecule has 0 spiro atoms. The van der Waals surface area contributed by atoms with Gasteiger partial charge < -0.3 is 10.2 Å². The van der Waals surface area contributed by atoms with Crippen LogP contribution in [0.4, 0.5) is 23.8 Å². The van der Waals surface area contributed by atoms with Crippen LogP contribution >= 0.6 is 0 Å². The van der Waals surface area contributed by atoms with Gasteiger partial charge in [-0.2, -0.15) is 13.2 Å². The fourth-order valence-corrected chi connectivity index (χ4v) is 3.48. The van der Waals surface area contributed by atoms with Gasteiger partial charge in [0.05, 0.1) is 12.2 Å². The molecule has 2 fully saturated rings. The lowest BCUT2D eigenvalue weighted by atomic mass is 10.2. The lowest BCUT2D eigenvalue weighted by molar-refractivity contribution is -0.137. The number of aromatic nitrogens is 1. The summed E-state index contributed by atoms with van der Waals surface area (Å²) in [5.41, 5.74) is -0.770.